The Hall–Kier alpha value is -1.53. The zero-order valence-electron chi connectivity index (χ0n) is 12.9. The predicted octanol–water partition coefficient (Wildman–Crippen LogP) is 3.71. The normalized spacial score (nSPS) is 16.5. The van der Waals surface area contributed by atoms with Crippen LogP contribution in [0.5, 0.6) is 11.5 Å². The molecule has 1 aliphatic rings. The van der Waals surface area contributed by atoms with Gasteiger partial charge in [0, 0.05) is 6.54 Å². The Kier molecular flexibility index (Phi) is 5.85. The third-order valence-electron chi connectivity index (χ3n) is 3.06. The van der Waals surface area contributed by atoms with Crippen LogP contribution in [0.25, 0.3) is 6.08 Å². The highest BCUT2D eigenvalue weighted by Gasteiger charge is 2.30. The Bertz CT molecular complexity index is 613. The van der Waals surface area contributed by atoms with E-state index in [4.69, 9.17) is 21.7 Å². The number of ether oxygens (including phenoxy) is 2. The number of amides is 1. The zero-order chi connectivity index (χ0) is 16.1. The van der Waals surface area contributed by atoms with Crippen molar-refractivity contribution in [2.75, 3.05) is 19.8 Å². The van der Waals surface area contributed by atoms with Gasteiger partial charge in [0.25, 0.3) is 5.91 Å². The molecule has 2 rings (SSSR count). The minimum absolute atomic E-state index is 0.0376. The number of nitrogens with zero attached hydrogens (tertiary/aromatic N) is 1. The van der Waals surface area contributed by atoms with Gasteiger partial charge in [0.15, 0.2) is 11.5 Å². The Labute approximate surface area is 140 Å². The fraction of sp³-hybridized carbons (Fsp3) is 0.375. The Balaban J connectivity index is 2.30. The zero-order valence-corrected chi connectivity index (χ0v) is 14.6. The van der Waals surface area contributed by atoms with Crippen LogP contribution in [0.3, 0.4) is 0 Å². The second-order valence-electron chi connectivity index (χ2n) is 4.50. The third kappa shape index (κ3) is 3.62. The molecule has 1 aliphatic heterocycles. The van der Waals surface area contributed by atoms with Crippen molar-refractivity contribution in [1.29, 1.82) is 0 Å². The van der Waals surface area contributed by atoms with Gasteiger partial charge in [-0.15, -0.1) is 0 Å². The molecular formula is C16H19NO3S2. The second kappa shape index (κ2) is 7.65. The summed E-state index contributed by atoms with van der Waals surface area (Å²) in [5.74, 6) is 1.36. The van der Waals surface area contributed by atoms with Crippen LogP contribution in [0, 0.1) is 0 Å². The second-order valence-corrected chi connectivity index (χ2v) is 6.17. The molecule has 0 aliphatic carbocycles. The van der Waals surface area contributed by atoms with E-state index in [1.54, 1.807) is 4.90 Å². The smallest absolute Gasteiger partial charge is 0.266 e. The molecule has 1 amide bonds. The largest absolute Gasteiger partial charge is 0.490 e. The van der Waals surface area contributed by atoms with E-state index < -0.39 is 0 Å². The van der Waals surface area contributed by atoms with E-state index in [0.29, 0.717) is 40.5 Å². The molecule has 118 valence electrons. The number of thioether (sulfide) groups is 1. The number of rotatable bonds is 6. The van der Waals surface area contributed by atoms with Gasteiger partial charge in [0.1, 0.15) is 4.32 Å². The van der Waals surface area contributed by atoms with Gasteiger partial charge in [0.2, 0.25) is 0 Å². The van der Waals surface area contributed by atoms with E-state index in [1.165, 1.54) is 11.8 Å². The van der Waals surface area contributed by atoms with Crippen LogP contribution in [-0.2, 0) is 4.79 Å². The van der Waals surface area contributed by atoms with Gasteiger partial charge in [0.05, 0.1) is 18.1 Å². The molecule has 0 bridgehead atoms. The monoisotopic (exact) mass is 337 g/mol. The number of likely N-dealkylation sites (N-methyl/N-ethyl adjacent to an activating group) is 1. The molecule has 22 heavy (non-hydrogen) atoms. The van der Waals surface area contributed by atoms with Crippen molar-refractivity contribution in [2.45, 2.75) is 20.8 Å². The Morgan fingerprint density at radius 3 is 2.45 bits per heavy atom. The van der Waals surface area contributed by atoms with Crippen molar-refractivity contribution in [2.24, 2.45) is 0 Å². The lowest BCUT2D eigenvalue weighted by molar-refractivity contribution is -0.121. The lowest BCUT2D eigenvalue weighted by Gasteiger charge is -2.11. The van der Waals surface area contributed by atoms with Crippen LogP contribution in [0.2, 0.25) is 0 Å². The summed E-state index contributed by atoms with van der Waals surface area (Å²) in [7, 11) is 0. The summed E-state index contributed by atoms with van der Waals surface area (Å²) in [4.78, 5) is 14.5. The molecule has 1 fully saturated rings. The van der Waals surface area contributed by atoms with E-state index in [9.17, 15) is 4.79 Å². The highest BCUT2D eigenvalue weighted by atomic mass is 32.2. The van der Waals surface area contributed by atoms with Gasteiger partial charge >= 0.3 is 0 Å². The maximum absolute atomic E-state index is 12.2. The molecule has 0 spiro atoms. The molecule has 1 aromatic rings. The lowest BCUT2D eigenvalue weighted by atomic mass is 10.2. The van der Waals surface area contributed by atoms with Gasteiger partial charge in [-0.1, -0.05) is 30.0 Å². The molecule has 1 heterocycles. The number of carbonyl (C=O) groups excluding carboxylic acids is 1. The number of hydrogen-bond donors (Lipinski definition) is 0. The molecule has 4 nitrogen and oxygen atoms in total. The summed E-state index contributed by atoms with van der Waals surface area (Å²) in [6.07, 6.45) is 1.84. The third-order valence-corrected chi connectivity index (χ3v) is 4.43. The van der Waals surface area contributed by atoms with Gasteiger partial charge in [-0.3, -0.25) is 9.69 Å². The van der Waals surface area contributed by atoms with Crippen LogP contribution in [-0.4, -0.2) is 34.9 Å². The average molecular weight is 337 g/mol. The molecule has 0 aromatic heterocycles. The van der Waals surface area contributed by atoms with Crippen LogP contribution in [0.4, 0.5) is 0 Å². The summed E-state index contributed by atoms with van der Waals surface area (Å²) in [5.41, 5.74) is 0.892. The van der Waals surface area contributed by atoms with Crippen LogP contribution in [0.1, 0.15) is 26.3 Å². The van der Waals surface area contributed by atoms with Crippen molar-refractivity contribution < 1.29 is 14.3 Å². The van der Waals surface area contributed by atoms with Crippen LogP contribution in [0.15, 0.2) is 23.1 Å². The lowest BCUT2D eigenvalue weighted by Crippen LogP contribution is -2.27. The van der Waals surface area contributed by atoms with Gasteiger partial charge < -0.3 is 9.47 Å². The van der Waals surface area contributed by atoms with Crippen molar-refractivity contribution in [1.82, 2.24) is 4.90 Å². The molecule has 0 unspecified atom stereocenters. The van der Waals surface area contributed by atoms with Crippen molar-refractivity contribution >= 4 is 40.3 Å². The first-order valence-corrected chi connectivity index (χ1v) is 8.48. The molecule has 6 heteroatoms. The van der Waals surface area contributed by atoms with E-state index in [0.717, 1.165) is 5.56 Å². The molecule has 1 saturated heterocycles. The highest BCUT2D eigenvalue weighted by molar-refractivity contribution is 8.26. The maximum Gasteiger partial charge on any atom is 0.266 e. The first-order chi connectivity index (χ1) is 10.6. The van der Waals surface area contributed by atoms with Crippen molar-refractivity contribution in [3.05, 3.63) is 28.7 Å². The van der Waals surface area contributed by atoms with Gasteiger partial charge in [-0.05, 0) is 44.5 Å². The first-order valence-electron chi connectivity index (χ1n) is 7.25. The summed E-state index contributed by atoms with van der Waals surface area (Å²) in [6.45, 7) is 7.50. The fourth-order valence-electron chi connectivity index (χ4n) is 2.08. The van der Waals surface area contributed by atoms with E-state index in [2.05, 4.69) is 0 Å². The molecule has 0 radical (unpaired) electrons. The van der Waals surface area contributed by atoms with E-state index in [-0.39, 0.29) is 5.91 Å². The van der Waals surface area contributed by atoms with Crippen molar-refractivity contribution in [3.63, 3.8) is 0 Å². The fourth-order valence-corrected chi connectivity index (χ4v) is 3.47. The molecule has 0 N–H and O–H groups in total. The molecule has 0 atom stereocenters. The number of hydrogen-bond acceptors (Lipinski definition) is 5. The SMILES string of the molecule is CCOc1ccc(/C=C2\SC(=S)N(CC)C2=O)cc1OCC. The Morgan fingerprint density at radius 2 is 1.86 bits per heavy atom. The first kappa shape index (κ1) is 16.8. The minimum atomic E-state index is -0.0376. The maximum atomic E-state index is 12.2. The topological polar surface area (TPSA) is 38.8 Å². The van der Waals surface area contributed by atoms with Crippen LogP contribution < -0.4 is 9.47 Å². The van der Waals surface area contributed by atoms with E-state index in [1.807, 2.05) is 45.0 Å². The predicted molar refractivity (Wildman–Crippen MR) is 94.3 cm³/mol. The van der Waals surface area contributed by atoms with Gasteiger partial charge in [-0.25, -0.2) is 0 Å². The summed E-state index contributed by atoms with van der Waals surface area (Å²) < 4.78 is 11.7. The van der Waals surface area contributed by atoms with Crippen LogP contribution >= 0.6 is 24.0 Å². The van der Waals surface area contributed by atoms with Crippen molar-refractivity contribution in [3.8, 4) is 11.5 Å². The summed E-state index contributed by atoms with van der Waals surface area (Å²) >= 11 is 6.55. The summed E-state index contributed by atoms with van der Waals surface area (Å²) in [5, 5.41) is 0. The molecule has 0 saturated carbocycles. The van der Waals surface area contributed by atoms with E-state index >= 15 is 0 Å². The molecular weight excluding hydrogens is 318 g/mol. The standard InChI is InChI=1S/C16H19NO3S2/c1-4-17-15(18)14(22-16(17)21)10-11-7-8-12(19-5-2)13(9-11)20-6-3/h7-10H,4-6H2,1-3H3/b14-10-. The average Bonchev–Trinajstić information content (AvgIpc) is 2.76. The number of carbonyl (C=O) groups is 1. The molecule has 1 aromatic carbocycles. The summed E-state index contributed by atoms with van der Waals surface area (Å²) in [6, 6.07) is 5.65. The Morgan fingerprint density at radius 1 is 1.18 bits per heavy atom. The number of benzene rings is 1. The highest BCUT2D eigenvalue weighted by Crippen LogP contribution is 2.34. The minimum Gasteiger partial charge on any atom is -0.490 e. The van der Waals surface area contributed by atoms with Gasteiger partial charge in [-0.2, -0.15) is 0 Å². The number of thiocarbonyl (C=S) groups is 1. The quantitative estimate of drug-likeness (QED) is 0.584.